The van der Waals surface area contributed by atoms with Crippen LogP contribution in [0.15, 0.2) is 0 Å². The lowest BCUT2D eigenvalue weighted by molar-refractivity contribution is 0.0527. The van der Waals surface area contributed by atoms with Crippen LogP contribution < -0.4 is 33.6 Å². The van der Waals surface area contributed by atoms with E-state index in [-0.39, 0.29) is 18.2 Å². The molecule has 1 amide bonds. The van der Waals surface area contributed by atoms with Crippen LogP contribution in [0.25, 0.3) is 0 Å². The number of nitrogens with zero attached hydrogens (tertiary/aromatic N) is 1. The zero-order valence-electron chi connectivity index (χ0n) is 18.2. The van der Waals surface area contributed by atoms with Gasteiger partial charge in [-0.1, -0.05) is 6.42 Å². The van der Waals surface area contributed by atoms with E-state index in [1.54, 1.807) is 0 Å². The van der Waals surface area contributed by atoms with E-state index < -0.39 is 5.60 Å². The zero-order valence-corrected chi connectivity index (χ0v) is 18.2. The van der Waals surface area contributed by atoms with Gasteiger partial charge in [0.05, 0.1) is 0 Å². The summed E-state index contributed by atoms with van der Waals surface area (Å²) in [4.78, 5) is 13.8. The molecule has 0 aliphatic carbocycles. The van der Waals surface area contributed by atoms with Crippen LogP contribution in [0.5, 0.6) is 0 Å². The van der Waals surface area contributed by atoms with E-state index in [1.807, 2.05) is 20.8 Å². The molecule has 0 aromatic heterocycles. The first-order valence-corrected chi connectivity index (χ1v) is 10.5. The first-order valence-electron chi connectivity index (χ1n) is 10.5. The molecule has 2 atom stereocenters. The Morgan fingerprint density at radius 1 is 1.04 bits per heavy atom. The number of carbonyl (C=O) groups excluding carboxylic acids is 1. The Balaban J connectivity index is 4.02. The molecule has 0 heterocycles. The van der Waals surface area contributed by atoms with Crippen molar-refractivity contribution < 1.29 is 9.53 Å². The molecule has 168 valence electrons. The zero-order chi connectivity index (χ0) is 21.4. The van der Waals surface area contributed by atoms with Gasteiger partial charge in [-0.05, 0) is 46.6 Å². The molecule has 0 aromatic carbocycles. The average Bonchev–Trinajstić information content (AvgIpc) is 2.58. The van der Waals surface area contributed by atoms with E-state index >= 15 is 0 Å². The molecule has 0 saturated heterocycles. The minimum Gasteiger partial charge on any atom is -0.444 e. The highest BCUT2D eigenvalue weighted by Crippen LogP contribution is 2.06. The Bertz CT molecular complexity index is 385. The summed E-state index contributed by atoms with van der Waals surface area (Å²) in [5, 5.41) is 6.30. The molecule has 2 unspecified atom stereocenters. The molecule has 0 aliphatic heterocycles. The summed E-state index contributed by atoms with van der Waals surface area (Å²) in [5.74, 6) is 0. The Labute approximate surface area is 171 Å². The summed E-state index contributed by atoms with van der Waals surface area (Å²) in [6.45, 7) is 11.3. The fourth-order valence-electron chi connectivity index (χ4n) is 2.89. The third kappa shape index (κ3) is 16.0. The number of nitrogens with one attached hydrogen (secondary N) is 2. The quantitative estimate of drug-likeness (QED) is 0.189. The van der Waals surface area contributed by atoms with Crippen LogP contribution in [-0.4, -0.2) is 81.0 Å². The molecule has 0 bridgehead atoms. The Kier molecular flexibility index (Phi) is 15.3. The number of rotatable bonds is 16. The second kappa shape index (κ2) is 15.9. The van der Waals surface area contributed by atoms with Gasteiger partial charge in [-0.25, -0.2) is 4.79 Å². The van der Waals surface area contributed by atoms with Crippen LogP contribution in [0.4, 0.5) is 4.79 Å². The van der Waals surface area contributed by atoms with Crippen molar-refractivity contribution in [1.29, 1.82) is 0 Å². The van der Waals surface area contributed by atoms with Gasteiger partial charge in [-0.3, -0.25) is 4.90 Å². The maximum atomic E-state index is 11.6. The summed E-state index contributed by atoms with van der Waals surface area (Å²) in [5.41, 5.74) is 22.9. The maximum absolute atomic E-state index is 11.6. The number of carbonyl (C=O) groups is 1. The minimum atomic E-state index is -0.470. The summed E-state index contributed by atoms with van der Waals surface area (Å²) in [7, 11) is 0. The van der Waals surface area contributed by atoms with Crippen LogP contribution in [0, 0.1) is 0 Å². The molecule has 10 N–H and O–H groups in total. The number of alkyl carbamates (subject to hydrolysis) is 1. The normalized spacial score (nSPS) is 14.1. The van der Waals surface area contributed by atoms with Crippen molar-refractivity contribution in [1.82, 2.24) is 15.5 Å². The Hall–Kier alpha value is -0.970. The number of amides is 1. The van der Waals surface area contributed by atoms with E-state index in [4.69, 9.17) is 27.7 Å². The standard InChI is InChI=1S/C19H45N7O2/c1-19(2,3)28-18(27)24-11-5-4-6-16(23)14-25-17(7-8-20)15-26(12-9-21)13-10-22/h16-17,25H,4-15,20-23H2,1-3H3,(H,24,27). The third-order valence-electron chi connectivity index (χ3n) is 4.22. The third-order valence-corrected chi connectivity index (χ3v) is 4.22. The summed E-state index contributed by atoms with van der Waals surface area (Å²) >= 11 is 0. The molecule has 0 saturated carbocycles. The molecule has 9 nitrogen and oxygen atoms in total. The van der Waals surface area contributed by atoms with Gasteiger partial charge in [0.1, 0.15) is 5.60 Å². The smallest absolute Gasteiger partial charge is 0.407 e. The van der Waals surface area contributed by atoms with Gasteiger partial charge in [0.2, 0.25) is 0 Å². The largest absolute Gasteiger partial charge is 0.444 e. The molecule has 0 radical (unpaired) electrons. The molecular formula is C19H45N7O2. The van der Waals surface area contributed by atoms with Gasteiger partial charge in [0, 0.05) is 57.9 Å². The van der Waals surface area contributed by atoms with E-state index in [0.29, 0.717) is 26.2 Å². The van der Waals surface area contributed by atoms with Gasteiger partial charge < -0.3 is 38.3 Å². The highest BCUT2D eigenvalue weighted by molar-refractivity contribution is 5.67. The van der Waals surface area contributed by atoms with Crippen LogP contribution in [0.1, 0.15) is 46.5 Å². The van der Waals surface area contributed by atoms with Crippen molar-refractivity contribution in [2.45, 2.75) is 64.1 Å². The molecule has 9 heteroatoms. The lowest BCUT2D eigenvalue weighted by Crippen LogP contribution is -2.48. The van der Waals surface area contributed by atoms with Crippen molar-refractivity contribution in [2.24, 2.45) is 22.9 Å². The molecule has 0 aromatic rings. The predicted octanol–water partition coefficient (Wildman–Crippen LogP) is -0.465. The van der Waals surface area contributed by atoms with Crippen molar-refractivity contribution in [2.75, 3.05) is 52.4 Å². The van der Waals surface area contributed by atoms with Crippen LogP contribution in [0.3, 0.4) is 0 Å². The van der Waals surface area contributed by atoms with Crippen LogP contribution in [-0.2, 0) is 4.74 Å². The van der Waals surface area contributed by atoms with Crippen molar-refractivity contribution >= 4 is 6.09 Å². The lowest BCUT2D eigenvalue weighted by Gasteiger charge is -2.28. The number of hydrogen-bond acceptors (Lipinski definition) is 8. The summed E-state index contributed by atoms with van der Waals surface area (Å²) in [6, 6.07) is 0.349. The van der Waals surface area contributed by atoms with E-state index in [1.165, 1.54) is 0 Å². The molecule has 28 heavy (non-hydrogen) atoms. The lowest BCUT2D eigenvalue weighted by atomic mass is 10.1. The number of unbranched alkanes of at least 4 members (excludes halogenated alkanes) is 1. The first-order chi connectivity index (χ1) is 13.2. The number of ether oxygens (including phenoxy) is 1. The van der Waals surface area contributed by atoms with Crippen LogP contribution >= 0.6 is 0 Å². The van der Waals surface area contributed by atoms with Crippen LogP contribution in [0.2, 0.25) is 0 Å². The van der Waals surface area contributed by atoms with E-state index in [9.17, 15) is 4.79 Å². The summed E-state index contributed by atoms with van der Waals surface area (Å²) < 4.78 is 5.20. The topological polar surface area (TPSA) is 158 Å². The fraction of sp³-hybridized carbons (Fsp3) is 0.947. The van der Waals surface area contributed by atoms with E-state index in [2.05, 4.69) is 15.5 Å². The second-order valence-corrected chi connectivity index (χ2v) is 8.25. The minimum absolute atomic E-state index is 0.0688. The molecule has 0 aliphatic rings. The highest BCUT2D eigenvalue weighted by Gasteiger charge is 2.16. The predicted molar refractivity (Wildman–Crippen MR) is 116 cm³/mol. The van der Waals surface area contributed by atoms with Gasteiger partial charge >= 0.3 is 6.09 Å². The van der Waals surface area contributed by atoms with Crippen molar-refractivity contribution in [3.8, 4) is 0 Å². The highest BCUT2D eigenvalue weighted by atomic mass is 16.6. The average molecular weight is 404 g/mol. The van der Waals surface area contributed by atoms with Gasteiger partial charge in [0.15, 0.2) is 0 Å². The van der Waals surface area contributed by atoms with Gasteiger partial charge in [-0.15, -0.1) is 0 Å². The Morgan fingerprint density at radius 2 is 1.68 bits per heavy atom. The monoisotopic (exact) mass is 403 g/mol. The second-order valence-electron chi connectivity index (χ2n) is 8.25. The summed E-state index contributed by atoms with van der Waals surface area (Å²) in [6.07, 6.45) is 3.24. The molecular weight excluding hydrogens is 358 g/mol. The molecule has 0 spiro atoms. The SMILES string of the molecule is CC(C)(C)OC(=O)NCCCCC(N)CNC(CCN)CN(CCN)CCN. The van der Waals surface area contributed by atoms with E-state index in [0.717, 1.165) is 51.9 Å². The molecule has 0 rings (SSSR count). The number of nitrogens with two attached hydrogens (primary N) is 4. The maximum Gasteiger partial charge on any atom is 0.407 e. The first kappa shape index (κ1) is 27.0. The van der Waals surface area contributed by atoms with Crippen molar-refractivity contribution in [3.63, 3.8) is 0 Å². The van der Waals surface area contributed by atoms with Crippen molar-refractivity contribution in [3.05, 3.63) is 0 Å². The van der Waals surface area contributed by atoms with Gasteiger partial charge in [-0.2, -0.15) is 0 Å². The number of hydrogen-bond donors (Lipinski definition) is 6. The van der Waals surface area contributed by atoms with Gasteiger partial charge in [0.25, 0.3) is 0 Å². The fourth-order valence-corrected chi connectivity index (χ4v) is 2.89. The Morgan fingerprint density at radius 3 is 2.21 bits per heavy atom. The molecule has 0 fully saturated rings.